The van der Waals surface area contributed by atoms with Gasteiger partial charge in [-0.05, 0) is 38.3 Å². The molecule has 1 heterocycles. The molecule has 110 valence electrons. The molecule has 0 spiro atoms. The molecule has 1 aromatic rings. The maximum Gasteiger partial charge on any atom is 0.242 e. The van der Waals surface area contributed by atoms with Gasteiger partial charge < -0.3 is 11.1 Å². The fourth-order valence-electron chi connectivity index (χ4n) is 2.45. The monoisotopic (exact) mass is 296 g/mol. The topological polar surface area (TPSA) is 89.3 Å². The van der Waals surface area contributed by atoms with Gasteiger partial charge in [-0.2, -0.15) is 0 Å². The number of amides is 1. The van der Waals surface area contributed by atoms with Crippen LogP contribution in [0.2, 0.25) is 0 Å². The first-order chi connectivity index (χ1) is 9.19. The summed E-state index contributed by atoms with van der Waals surface area (Å²) in [5, 5.41) is 1.68. The number of sulfone groups is 1. The van der Waals surface area contributed by atoms with Gasteiger partial charge in [-0.3, -0.25) is 4.79 Å². The van der Waals surface area contributed by atoms with E-state index in [1.54, 1.807) is 19.9 Å². The van der Waals surface area contributed by atoms with Gasteiger partial charge in [0.1, 0.15) is 5.25 Å². The normalized spacial score (nSPS) is 19.9. The molecule has 0 aromatic heterocycles. The fraction of sp³-hybridized carbons (Fsp3) is 0.500. The molecule has 1 aliphatic rings. The molecule has 0 radical (unpaired) electrons. The maximum atomic E-state index is 12.4. The van der Waals surface area contributed by atoms with E-state index in [0.29, 0.717) is 18.5 Å². The van der Waals surface area contributed by atoms with Gasteiger partial charge in [0.15, 0.2) is 9.84 Å². The van der Waals surface area contributed by atoms with Crippen LogP contribution in [0, 0.1) is 0 Å². The van der Waals surface area contributed by atoms with E-state index in [4.69, 9.17) is 5.73 Å². The van der Waals surface area contributed by atoms with Gasteiger partial charge in [-0.15, -0.1) is 0 Å². The molecule has 3 N–H and O–H groups in total. The summed E-state index contributed by atoms with van der Waals surface area (Å²) in [7, 11) is -3.57. The van der Waals surface area contributed by atoms with Crippen LogP contribution < -0.4 is 11.1 Å². The van der Waals surface area contributed by atoms with Crippen LogP contribution in [0.3, 0.4) is 0 Å². The molecule has 2 rings (SSSR count). The average molecular weight is 296 g/mol. The molecule has 0 saturated heterocycles. The Morgan fingerprint density at radius 2 is 2.00 bits per heavy atom. The second kappa shape index (κ2) is 5.18. The number of carbonyl (C=O) groups excluding carboxylic acids is 1. The van der Waals surface area contributed by atoms with Crippen molar-refractivity contribution >= 4 is 21.4 Å². The van der Waals surface area contributed by atoms with Gasteiger partial charge in [0.05, 0.1) is 5.75 Å². The number of nitrogens with two attached hydrogens (primary N) is 1. The number of rotatable bonds is 3. The minimum Gasteiger partial charge on any atom is -0.325 e. The third-order valence-corrected chi connectivity index (χ3v) is 5.71. The molecule has 6 heteroatoms. The van der Waals surface area contributed by atoms with E-state index < -0.39 is 26.5 Å². The van der Waals surface area contributed by atoms with Crippen LogP contribution >= 0.6 is 0 Å². The molecule has 20 heavy (non-hydrogen) atoms. The van der Waals surface area contributed by atoms with E-state index in [1.165, 1.54) is 0 Å². The van der Waals surface area contributed by atoms with Gasteiger partial charge in [0.2, 0.25) is 5.91 Å². The summed E-state index contributed by atoms with van der Waals surface area (Å²) in [6.07, 6.45) is 0.852. The molecular formula is C14H20N2O3S. The van der Waals surface area contributed by atoms with E-state index in [-0.39, 0.29) is 5.75 Å². The van der Waals surface area contributed by atoms with E-state index in [0.717, 1.165) is 5.56 Å². The number of hydrogen-bond acceptors (Lipinski definition) is 4. The van der Waals surface area contributed by atoms with Crippen LogP contribution in [-0.2, 0) is 21.1 Å². The van der Waals surface area contributed by atoms with Crippen molar-refractivity contribution in [1.29, 1.82) is 0 Å². The highest BCUT2D eigenvalue weighted by atomic mass is 32.2. The Hall–Kier alpha value is -1.40. The third-order valence-electron chi connectivity index (χ3n) is 3.25. The summed E-state index contributed by atoms with van der Waals surface area (Å²) in [4.78, 5) is 12.2. The molecule has 0 aliphatic carbocycles. The summed E-state index contributed by atoms with van der Waals surface area (Å²) in [5.74, 6) is -0.659. The van der Waals surface area contributed by atoms with E-state index in [2.05, 4.69) is 5.32 Å². The smallest absolute Gasteiger partial charge is 0.242 e. The number of hydrogen-bond donors (Lipinski definition) is 2. The zero-order valence-electron chi connectivity index (χ0n) is 11.7. The lowest BCUT2D eigenvalue weighted by Crippen LogP contribution is -2.46. The Balaban J connectivity index is 2.26. The number of nitrogens with one attached hydrogen (secondary N) is 1. The van der Waals surface area contributed by atoms with Gasteiger partial charge in [0, 0.05) is 11.2 Å². The van der Waals surface area contributed by atoms with Crippen molar-refractivity contribution in [2.45, 2.75) is 37.5 Å². The second-order valence-corrected chi connectivity index (χ2v) is 8.15. The van der Waals surface area contributed by atoms with Crippen molar-refractivity contribution in [3.63, 3.8) is 0 Å². The minimum absolute atomic E-state index is 0.200. The van der Waals surface area contributed by atoms with Crippen LogP contribution in [0.4, 0.5) is 5.69 Å². The molecule has 0 bridgehead atoms. The van der Waals surface area contributed by atoms with Crippen molar-refractivity contribution in [2.75, 3.05) is 11.1 Å². The number of para-hydroxylation sites is 1. The Bertz CT molecular complexity index is 618. The third kappa shape index (κ3) is 3.37. The highest BCUT2D eigenvalue weighted by Gasteiger charge is 2.37. The van der Waals surface area contributed by atoms with E-state index in [9.17, 15) is 13.2 Å². The molecule has 0 fully saturated rings. The van der Waals surface area contributed by atoms with Crippen molar-refractivity contribution in [3.8, 4) is 0 Å². The Morgan fingerprint density at radius 3 is 2.65 bits per heavy atom. The summed E-state index contributed by atoms with van der Waals surface area (Å²) in [6, 6.07) is 7.38. The molecule has 1 atom stereocenters. The van der Waals surface area contributed by atoms with E-state index >= 15 is 0 Å². The summed E-state index contributed by atoms with van der Waals surface area (Å²) >= 11 is 0. The second-order valence-electron chi connectivity index (χ2n) is 5.97. The Morgan fingerprint density at radius 1 is 1.35 bits per heavy atom. The SMILES string of the molecule is CC(C)(N)CS(=O)(=O)C1CCc2ccccc2NC1=O. The first-order valence-corrected chi connectivity index (χ1v) is 8.30. The van der Waals surface area contributed by atoms with Crippen molar-refractivity contribution in [3.05, 3.63) is 29.8 Å². The van der Waals surface area contributed by atoms with Gasteiger partial charge in [-0.1, -0.05) is 18.2 Å². The standard InChI is InChI=1S/C14H20N2O3S/c1-14(2,15)9-20(18,19)12-8-7-10-5-3-4-6-11(10)16-13(12)17/h3-6,12H,7-9,15H2,1-2H3,(H,16,17). The number of carbonyl (C=O) groups is 1. The molecule has 0 saturated carbocycles. The zero-order chi connectivity index (χ0) is 15.0. The first-order valence-electron chi connectivity index (χ1n) is 6.58. The lowest BCUT2D eigenvalue weighted by molar-refractivity contribution is -0.115. The summed E-state index contributed by atoms with van der Waals surface area (Å²) in [6.45, 7) is 3.29. The number of fused-ring (bicyclic) bond motifs is 1. The lowest BCUT2D eigenvalue weighted by Gasteiger charge is -2.22. The van der Waals surface area contributed by atoms with Crippen LogP contribution in [0.1, 0.15) is 25.8 Å². The lowest BCUT2D eigenvalue weighted by atomic mass is 10.1. The summed E-state index contributed by atoms with van der Waals surface area (Å²) < 4.78 is 24.7. The number of aryl methyl sites for hydroxylation is 1. The van der Waals surface area contributed by atoms with Gasteiger partial charge in [-0.25, -0.2) is 8.42 Å². The average Bonchev–Trinajstić information content (AvgIpc) is 2.44. The minimum atomic E-state index is -3.57. The predicted molar refractivity (Wildman–Crippen MR) is 79.2 cm³/mol. The number of anilines is 1. The molecule has 1 amide bonds. The molecular weight excluding hydrogens is 276 g/mol. The molecule has 1 unspecified atom stereocenters. The maximum absolute atomic E-state index is 12.4. The largest absolute Gasteiger partial charge is 0.325 e. The van der Waals surface area contributed by atoms with Crippen LogP contribution in [0.5, 0.6) is 0 Å². The summed E-state index contributed by atoms with van der Waals surface area (Å²) in [5.41, 5.74) is 6.60. The Kier molecular flexibility index (Phi) is 3.88. The highest BCUT2D eigenvalue weighted by molar-refractivity contribution is 7.92. The van der Waals surface area contributed by atoms with Crippen molar-refractivity contribution < 1.29 is 13.2 Å². The van der Waals surface area contributed by atoms with Gasteiger partial charge >= 0.3 is 0 Å². The van der Waals surface area contributed by atoms with Gasteiger partial charge in [0.25, 0.3) is 0 Å². The van der Waals surface area contributed by atoms with Crippen LogP contribution in [0.15, 0.2) is 24.3 Å². The highest BCUT2D eigenvalue weighted by Crippen LogP contribution is 2.25. The quantitative estimate of drug-likeness (QED) is 0.874. The number of benzene rings is 1. The molecule has 1 aliphatic heterocycles. The van der Waals surface area contributed by atoms with E-state index in [1.807, 2.05) is 18.2 Å². The fourth-order valence-corrected chi connectivity index (χ4v) is 4.55. The predicted octanol–water partition coefficient (Wildman–Crippen LogP) is 1.09. The van der Waals surface area contributed by atoms with Crippen molar-refractivity contribution in [2.24, 2.45) is 5.73 Å². The van der Waals surface area contributed by atoms with Crippen LogP contribution in [0.25, 0.3) is 0 Å². The molecule has 1 aromatic carbocycles. The molecule has 5 nitrogen and oxygen atoms in total. The van der Waals surface area contributed by atoms with Crippen molar-refractivity contribution in [1.82, 2.24) is 0 Å². The first kappa shape index (κ1) is 15.0. The Labute approximate surface area is 119 Å². The van der Waals surface area contributed by atoms with Crippen LogP contribution in [-0.4, -0.2) is 30.9 Å². The zero-order valence-corrected chi connectivity index (χ0v) is 12.5.